The van der Waals surface area contributed by atoms with Crippen molar-refractivity contribution >= 4 is 17.9 Å². The maximum atomic E-state index is 11.4. The molecule has 1 heterocycles. The van der Waals surface area contributed by atoms with E-state index in [4.69, 9.17) is 28.9 Å². The third kappa shape index (κ3) is 7.07. The minimum Gasteiger partial charge on any atom is -0.463 e. The van der Waals surface area contributed by atoms with Gasteiger partial charge in [0, 0.05) is 27.2 Å². The molecule has 140 valence electrons. The fourth-order valence-electron chi connectivity index (χ4n) is 2.33. The van der Waals surface area contributed by atoms with Crippen LogP contribution in [-0.4, -0.2) is 54.7 Å². The largest absolute Gasteiger partial charge is 0.463 e. The van der Waals surface area contributed by atoms with Crippen LogP contribution in [0.15, 0.2) is 0 Å². The number of hydrogen-bond donors (Lipinski definition) is 0. The van der Waals surface area contributed by atoms with Crippen LogP contribution in [0.25, 0.3) is 0 Å². The maximum Gasteiger partial charge on any atom is 0.303 e. The summed E-state index contributed by atoms with van der Waals surface area (Å²) in [6.07, 6.45) is -3.60. The Bertz CT molecular complexity index is 553. The first-order valence-corrected chi connectivity index (χ1v) is 7.76. The first-order chi connectivity index (χ1) is 11.5. The van der Waals surface area contributed by atoms with Gasteiger partial charge in [-0.1, -0.05) is 0 Å². The molecule has 0 aromatic heterocycles. The van der Waals surface area contributed by atoms with Crippen molar-refractivity contribution in [3.05, 3.63) is 0 Å². The second-order valence-electron chi connectivity index (χ2n) is 6.10. The fraction of sp³-hybridized carbons (Fsp3) is 0.750. The molecule has 0 radical (unpaired) electrons. The molecule has 9 heteroatoms. The van der Waals surface area contributed by atoms with Crippen LogP contribution in [0.5, 0.6) is 0 Å². The Labute approximate surface area is 146 Å². The van der Waals surface area contributed by atoms with Crippen LogP contribution < -0.4 is 0 Å². The van der Waals surface area contributed by atoms with Crippen molar-refractivity contribution in [2.24, 2.45) is 0 Å². The molecule has 0 aromatic rings. The average Bonchev–Trinajstić information content (AvgIpc) is 2.46. The van der Waals surface area contributed by atoms with Crippen LogP contribution in [0.3, 0.4) is 0 Å². The molecule has 0 N–H and O–H groups in total. The Hall–Kier alpha value is -2.18. The van der Waals surface area contributed by atoms with Gasteiger partial charge in [-0.15, -0.1) is 0 Å². The summed E-state index contributed by atoms with van der Waals surface area (Å²) in [6.45, 7) is 6.52. The number of rotatable bonds is 6. The molecule has 0 saturated carbocycles. The van der Waals surface area contributed by atoms with Gasteiger partial charge in [0.05, 0.1) is 6.07 Å². The van der Waals surface area contributed by atoms with Crippen molar-refractivity contribution in [1.82, 2.24) is 0 Å². The van der Waals surface area contributed by atoms with E-state index in [-0.39, 0.29) is 13.0 Å². The molecule has 1 fully saturated rings. The number of ether oxygens (including phenoxy) is 5. The van der Waals surface area contributed by atoms with Gasteiger partial charge >= 0.3 is 17.9 Å². The van der Waals surface area contributed by atoms with Gasteiger partial charge in [0.25, 0.3) is 0 Å². The standard InChI is InChI=1S/C16H23NO8/c1-9(18)21-7-13-15(23-11(3)20)12(22-10(2)19)6-14(24-13)25-16(4,5)8-17/h12-15H,6-7H2,1-5H3/t12-,13-,14-,15+/m1/s1. The van der Waals surface area contributed by atoms with Gasteiger partial charge in [-0.3, -0.25) is 14.4 Å². The normalized spacial score (nSPS) is 26.2. The molecule has 25 heavy (non-hydrogen) atoms. The zero-order valence-electron chi connectivity index (χ0n) is 14.9. The van der Waals surface area contributed by atoms with Gasteiger partial charge in [0.1, 0.15) is 18.8 Å². The van der Waals surface area contributed by atoms with E-state index >= 15 is 0 Å². The van der Waals surface area contributed by atoms with E-state index in [1.54, 1.807) is 13.8 Å². The summed E-state index contributed by atoms with van der Waals surface area (Å²) in [5, 5.41) is 9.09. The minimum atomic E-state index is -1.15. The highest BCUT2D eigenvalue weighted by atomic mass is 16.7. The van der Waals surface area contributed by atoms with Gasteiger partial charge in [-0.25, -0.2) is 0 Å². The smallest absolute Gasteiger partial charge is 0.303 e. The van der Waals surface area contributed by atoms with Gasteiger partial charge in [-0.2, -0.15) is 5.26 Å². The van der Waals surface area contributed by atoms with Gasteiger partial charge in [-0.05, 0) is 13.8 Å². The molecule has 0 amide bonds. The van der Waals surface area contributed by atoms with Crippen molar-refractivity contribution in [3.8, 4) is 6.07 Å². The highest BCUT2D eigenvalue weighted by molar-refractivity contribution is 5.67. The molecule has 0 bridgehead atoms. The topological polar surface area (TPSA) is 121 Å². The van der Waals surface area contributed by atoms with E-state index in [1.807, 2.05) is 6.07 Å². The van der Waals surface area contributed by atoms with E-state index in [2.05, 4.69) is 0 Å². The van der Waals surface area contributed by atoms with E-state index in [0.29, 0.717) is 0 Å². The summed E-state index contributed by atoms with van der Waals surface area (Å²) in [4.78, 5) is 33.9. The Kier molecular flexibility index (Phi) is 7.33. The number of nitriles is 1. The summed E-state index contributed by atoms with van der Waals surface area (Å²) in [6, 6.07) is 1.97. The van der Waals surface area contributed by atoms with E-state index < -0.39 is 48.1 Å². The van der Waals surface area contributed by atoms with Crippen LogP contribution in [0.4, 0.5) is 0 Å². The molecule has 9 nitrogen and oxygen atoms in total. The number of hydrogen-bond acceptors (Lipinski definition) is 9. The van der Waals surface area contributed by atoms with Crippen LogP contribution >= 0.6 is 0 Å². The fourth-order valence-corrected chi connectivity index (χ4v) is 2.33. The first kappa shape index (κ1) is 20.9. The Morgan fingerprint density at radius 3 is 2.20 bits per heavy atom. The highest BCUT2D eigenvalue weighted by Crippen LogP contribution is 2.29. The Balaban J connectivity index is 3.02. The molecule has 0 spiro atoms. The highest BCUT2D eigenvalue weighted by Gasteiger charge is 2.45. The summed E-state index contributed by atoms with van der Waals surface area (Å²) < 4.78 is 26.6. The van der Waals surface area contributed by atoms with Gasteiger partial charge < -0.3 is 23.7 Å². The quantitative estimate of drug-likeness (QED) is 0.503. The van der Waals surface area contributed by atoms with Crippen molar-refractivity contribution in [2.45, 2.75) is 71.2 Å². The maximum absolute atomic E-state index is 11.4. The molecule has 1 aliphatic heterocycles. The van der Waals surface area contributed by atoms with Crippen LogP contribution in [0.2, 0.25) is 0 Å². The molecule has 0 aromatic carbocycles. The molecule has 1 rings (SSSR count). The molecule has 0 aliphatic carbocycles. The Morgan fingerprint density at radius 1 is 1.12 bits per heavy atom. The summed E-state index contributed by atoms with van der Waals surface area (Å²) in [7, 11) is 0. The van der Waals surface area contributed by atoms with Crippen LogP contribution in [0.1, 0.15) is 41.0 Å². The van der Waals surface area contributed by atoms with Crippen molar-refractivity contribution < 1.29 is 38.1 Å². The lowest BCUT2D eigenvalue weighted by atomic mass is 10.0. The lowest BCUT2D eigenvalue weighted by Crippen LogP contribution is -2.55. The third-order valence-corrected chi connectivity index (χ3v) is 3.25. The second-order valence-corrected chi connectivity index (χ2v) is 6.10. The molecular weight excluding hydrogens is 334 g/mol. The molecule has 0 unspecified atom stereocenters. The van der Waals surface area contributed by atoms with Crippen LogP contribution in [-0.2, 0) is 38.1 Å². The lowest BCUT2D eigenvalue weighted by Gasteiger charge is -2.41. The first-order valence-electron chi connectivity index (χ1n) is 7.76. The summed E-state index contributed by atoms with van der Waals surface area (Å²) >= 11 is 0. The molecule has 1 aliphatic rings. The second kappa shape index (κ2) is 8.78. The summed E-state index contributed by atoms with van der Waals surface area (Å²) in [5.74, 6) is -1.72. The van der Waals surface area contributed by atoms with Crippen molar-refractivity contribution in [3.63, 3.8) is 0 Å². The van der Waals surface area contributed by atoms with Gasteiger partial charge in [0.2, 0.25) is 0 Å². The zero-order chi connectivity index (χ0) is 19.2. The third-order valence-electron chi connectivity index (χ3n) is 3.25. The number of carbonyl (C=O) groups is 3. The van der Waals surface area contributed by atoms with Gasteiger partial charge in [0.15, 0.2) is 18.0 Å². The minimum absolute atomic E-state index is 0.0548. The lowest BCUT2D eigenvalue weighted by molar-refractivity contribution is -0.281. The molecule has 4 atom stereocenters. The van der Waals surface area contributed by atoms with E-state index in [1.165, 1.54) is 20.8 Å². The average molecular weight is 357 g/mol. The molecular formula is C16H23NO8. The van der Waals surface area contributed by atoms with E-state index in [9.17, 15) is 14.4 Å². The van der Waals surface area contributed by atoms with Crippen molar-refractivity contribution in [1.29, 1.82) is 5.26 Å². The number of carbonyl (C=O) groups excluding carboxylic acids is 3. The number of nitrogens with zero attached hydrogens (tertiary/aromatic N) is 1. The predicted molar refractivity (Wildman–Crippen MR) is 81.8 cm³/mol. The predicted octanol–water partition coefficient (Wildman–Crippen LogP) is 0.847. The summed E-state index contributed by atoms with van der Waals surface area (Å²) in [5.41, 5.74) is -1.15. The van der Waals surface area contributed by atoms with Crippen molar-refractivity contribution in [2.75, 3.05) is 6.61 Å². The number of esters is 3. The monoisotopic (exact) mass is 357 g/mol. The SMILES string of the molecule is CC(=O)OC[C@H]1O[C@H](OC(C)(C)C#N)C[C@@H](OC(C)=O)[C@@H]1OC(C)=O. The molecule has 1 saturated heterocycles. The van der Waals surface area contributed by atoms with E-state index in [0.717, 1.165) is 0 Å². The Morgan fingerprint density at radius 2 is 1.72 bits per heavy atom. The van der Waals surface area contributed by atoms with Crippen LogP contribution in [0, 0.1) is 11.3 Å². The zero-order valence-corrected chi connectivity index (χ0v) is 14.9.